The monoisotopic (exact) mass is 435 g/mol. The molecule has 0 amide bonds. The molecule has 10 heteroatoms. The van der Waals surface area contributed by atoms with E-state index < -0.39 is 6.17 Å². The Morgan fingerprint density at radius 2 is 1.97 bits per heavy atom. The van der Waals surface area contributed by atoms with Gasteiger partial charge in [0, 0.05) is 37.2 Å². The summed E-state index contributed by atoms with van der Waals surface area (Å²) >= 11 is 0. The average molecular weight is 435 g/mol. The second kappa shape index (κ2) is 7.64. The minimum absolute atomic E-state index is 0.302. The molecule has 6 rings (SSSR count). The minimum Gasteiger partial charge on any atom is -0.479 e. The topological polar surface area (TPSA) is 89.7 Å². The van der Waals surface area contributed by atoms with Crippen LogP contribution in [0.15, 0.2) is 42.9 Å². The van der Waals surface area contributed by atoms with Crippen molar-refractivity contribution in [3.8, 4) is 17.0 Å². The maximum absolute atomic E-state index is 14.6. The summed E-state index contributed by atoms with van der Waals surface area (Å²) < 4.78 is 27.2. The fourth-order valence-electron chi connectivity index (χ4n) is 4.39. The van der Waals surface area contributed by atoms with Crippen LogP contribution < -0.4 is 10.1 Å². The number of fused-ring (bicyclic) bond motifs is 2. The molecule has 164 valence electrons. The zero-order valence-electron chi connectivity index (χ0n) is 17.5. The Kier molecular flexibility index (Phi) is 4.62. The maximum atomic E-state index is 14.6. The average Bonchev–Trinajstić information content (AvgIpc) is 3.35. The standard InChI is InChI=1S/C22H22FN7O2/c1-31-21-20-15(13-2-3-17-18(8-13)25-6-5-24-17)4-7-30(20)28-22(27-21)26-19-10-29(9-16(19)23)14-11-32-12-14/h2-8,14,16,19H,9-12H2,1H3,(H,26,28)/t16-,19+/m1/s1. The molecule has 5 heterocycles. The number of ether oxygens (including phenoxy) is 2. The number of methoxy groups -OCH3 is 1. The molecule has 2 aliphatic heterocycles. The van der Waals surface area contributed by atoms with Crippen LogP contribution in [0.5, 0.6) is 5.88 Å². The summed E-state index contributed by atoms with van der Waals surface area (Å²) in [5.41, 5.74) is 4.24. The van der Waals surface area contributed by atoms with E-state index in [0.717, 1.165) is 27.7 Å². The first-order valence-electron chi connectivity index (χ1n) is 10.6. The second-order valence-corrected chi connectivity index (χ2v) is 8.14. The molecule has 0 radical (unpaired) electrons. The normalized spacial score (nSPS) is 21.8. The first kappa shape index (κ1) is 19.3. The predicted octanol–water partition coefficient (Wildman–Crippen LogP) is 2.18. The van der Waals surface area contributed by atoms with Gasteiger partial charge < -0.3 is 14.8 Å². The fraction of sp³-hybridized carbons (Fsp3) is 0.364. The number of nitrogens with zero attached hydrogens (tertiary/aromatic N) is 6. The molecular weight excluding hydrogens is 413 g/mol. The molecule has 2 saturated heterocycles. The number of benzene rings is 1. The Bertz CT molecular complexity index is 1290. The van der Waals surface area contributed by atoms with E-state index in [1.807, 2.05) is 30.5 Å². The molecule has 0 unspecified atom stereocenters. The Labute approximate surface area is 183 Å². The Morgan fingerprint density at radius 3 is 2.75 bits per heavy atom. The lowest BCUT2D eigenvalue weighted by molar-refractivity contribution is -0.0585. The number of hydrogen-bond donors (Lipinski definition) is 1. The molecule has 3 aromatic heterocycles. The lowest BCUT2D eigenvalue weighted by Crippen LogP contribution is -2.48. The summed E-state index contributed by atoms with van der Waals surface area (Å²) in [4.78, 5) is 15.4. The summed E-state index contributed by atoms with van der Waals surface area (Å²) in [7, 11) is 1.57. The number of anilines is 1. The highest BCUT2D eigenvalue weighted by Gasteiger charge is 2.39. The van der Waals surface area contributed by atoms with Gasteiger partial charge in [-0.3, -0.25) is 14.9 Å². The molecule has 0 saturated carbocycles. The van der Waals surface area contributed by atoms with Crippen molar-refractivity contribution in [1.82, 2.24) is 29.5 Å². The number of nitrogens with one attached hydrogen (secondary N) is 1. The highest BCUT2D eigenvalue weighted by molar-refractivity contribution is 5.89. The van der Waals surface area contributed by atoms with Crippen molar-refractivity contribution in [3.63, 3.8) is 0 Å². The minimum atomic E-state index is -1.00. The van der Waals surface area contributed by atoms with Gasteiger partial charge in [-0.2, -0.15) is 4.98 Å². The van der Waals surface area contributed by atoms with E-state index in [-0.39, 0.29) is 6.04 Å². The van der Waals surface area contributed by atoms with Gasteiger partial charge in [-0.05, 0) is 23.8 Å². The quantitative estimate of drug-likeness (QED) is 0.510. The van der Waals surface area contributed by atoms with Crippen LogP contribution in [-0.4, -0.2) is 81.1 Å². The van der Waals surface area contributed by atoms with Crippen LogP contribution in [0.3, 0.4) is 0 Å². The fourth-order valence-corrected chi connectivity index (χ4v) is 4.39. The first-order chi connectivity index (χ1) is 15.7. The van der Waals surface area contributed by atoms with Crippen LogP contribution in [-0.2, 0) is 4.74 Å². The largest absolute Gasteiger partial charge is 0.479 e. The van der Waals surface area contributed by atoms with E-state index in [0.29, 0.717) is 44.2 Å². The summed E-state index contributed by atoms with van der Waals surface area (Å²) in [6.45, 7) is 2.32. The van der Waals surface area contributed by atoms with Gasteiger partial charge in [0.25, 0.3) is 0 Å². The Balaban J connectivity index is 1.32. The van der Waals surface area contributed by atoms with Gasteiger partial charge in [-0.1, -0.05) is 6.07 Å². The third-order valence-electron chi connectivity index (χ3n) is 6.18. The van der Waals surface area contributed by atoms with Gasteiger partial charge in [-0.15, -0.1) is 5.10 Å². The molecule has 1 aromatic carbocycles. The summed E-state index contributed by atoms with van der Waals surface area (Å²) in [6, 6.07) is 7.78. The van der Waals surface area contributed by atoms with Crippen molar-refractivity contribution in [2.24, 2.45) is 0 Å². The lowest BCUT2D eigenvalue weighted by atomic mass is 10.1. The summed E-state index contributed by atoms with van der Waals surface area (Å²) in [5, 5.41) is 7.74. The molecular formula is C22H22FN7O2. The number of alkyl halides is 1. The smallest absolute Gasteiger partial charge is 0.244 e. The van der Waals surface area contributed by atoms with E-state index in [1.54, 1.807) is 24.0 Å². The van der Waals surface area contributed by atoms with Gasteiger partial charge in [0.15, 0.2) is 0 Å². The van der Waals surface area contributed by atoms with Crippen LogP contribution in [0.1, 0.15) is 0 Å². The third kappa shape index (κ3) is 3.23. The van der Waals surface area contributed by atoms with Gasteiger partial charge in [0.2, 0.25) is 11.8 Å². The molecule has 0 bridgehead atoms. The molecule has 0 spiro atoms. The van der Waals surface area contributed by atoms with Crippen LogP contribution in [0.25, 0.3) is 27.7 Å². The van der Waals surface area contributed by atoms with Crippen LogP contribution in [0.2, 0.25) is 0 Å². The zero-order valence-corrected chi connectivity index (χ0v) is 17.5. The van der Waals surface area contributed by atoms with Crippen molar-refractivity contribution < 1.29 is 13.9 Å². The molecule has 4 aromatic rings. The van der Waals surface area contributed by atoms with Gasteiger partial charge in [0.05, 0.1) is 43.4 Å². The Morgan fingerprint density at radius 1 is 1.12 bits per heavy atom. The van der Waals surface area contributed by atoms with E-state index in [2.05, 4.69) is 30.3 Å². The summed E-state index contributed by atoms with van der Waals surface area (Å²) in [5.74, 6) is 0.750. The first-order valence-corrected chi connectivity index (χ1v) is 10.6. The van der Waals surface area contributed by atoms with Crippen molar-refractivity contribution in [3.05, 3.63) is 42.9 Å². The van der Waals surface area contributed by atoms with Gasteiger partial charge >= 0.3 is 0 Å². The van der Waals surface area contributed by atoms with Crippen LogP contribution in [0, 0.1) is 0 Å². The highest BCUT2D eigenvalue weighted by Crippen LogP contribution is 2.33. The van der Waals surface area contributed by atoms with Crippen LogP contribution >= 0.6 is 0 Å². The van der Waals surface area contributed by atoms with E-state index >= 15 is 0 Å². The number of rotatable bonds is 5. The molecule has 2 aliphatic rings. The molecule has 2 atom stereocenters. The number of likely N-dealkylation sites (tertiary alicyclic amines) is 1. The van der Waals surface area contributed by atoms with E-state index in [1.165, 1.54) is 0 Å². The molecule has 9 nitrogen and oxygen atoms in total. The number of hydrogen-bond acceptors (Lipinski definition) is 8. The maximum Gasteiger partial charge on any atom is 0.244 e. The van der Waals surface area contributed by atoms with Crippen LogP contribution in [0.4, 0.5) is 10.3 Å². The summed E-state index contributed by atoms with van der Waals surface area (Å²) in [6.07, 6.45) is 4.19. The molecule has 1 N–H and O–H groups in total. The molecule has 2 fully saturated rings. The lowest BCUT2D eigenvalue weighted by Gasteiger charge is -2.34. The van der Waals surface area contributed by atoms with E-state index in [4.69, 9.17) is 9.47 Å². The van der Waals surface area contributed by atoms with E-state index in [9.17, 15) is 4.39 Å². The second-order valence-electron chi connectivity index (χ2n) is 8.14. The van der Waals surface area contributed by atoms with Crippen molar-refractivity contribution >= 4 is 22.5 Å². The third-order valence-corrected chi connectivity index (χ3v) is 6.18. The SMILES string of the molecule is COc1nc(N[C@H]2CN(C3COC3)C[C@H]2F)nn2ccc(-c3ccc4nccnc4c3)c12. The van der Waals surface area contributed by atoms with Crippen molar-refractivity contribution in [2.45, 2.75) is 18.3 Å². The number of halogens is 1. The highest BCUT2D eigenvalue weighted by atomic mass is 19.1. The predicted molar refractivity (Wildman–Crippen MR) is 117 cm³/mol. The molecule has 0 aliphatic carbocycles. The van der Waals surface area contributed by atoms with Gasteiger partial charge in [0.1, 0.15) is 11.7 Å². The van der Waals surface area contributed by atoms with Gasteiger partial charge in [-0.25, -0.2) is 8.91 Å². The van der Waals surface area contributed by atoms with Crippen molar-refractivity contribution in [1.29, 1.82) is 0 Å². The Hall–Kier alpha value is -3.37. The van der Waals surface area contributed by atoms with Crippen molar-refractivity contribution in [2.75, 3.05) is 38.7 Å². The zero-order chi connectivity index (χ0) is 21.7. The molecule has 32 heavy (non-hydrogen) atoms. The number of aromatic nitrogens is 5.